The van der Waals surface area contributed by atoms with Gasteiger partial charge in [-0.15, -0.1) is 22.9 Å². The Morgan fingerprint density at radius 2 is 1.67 bits per heavy atom. The van der Waals surface area contributed by atoms with E-state index < -0.39 is 0 Å². The van der Waals surface area contributed by atoms with Crippen LogP contribution in [0.2, 0.25) is 8.67 Å². The van der Waals surface area contributed by atoms with Crippen LogP contribution in [0.3, 0.4) is 0 Å². The van der Waals surface area contributed by atoms with Crippen LogP contribution in [0.1, 0.15) is 69.2 Å². The first-order valence-corrected chi connectivity index (χ1v) is 8.74. The quantitative estimate of drug-likeness (QED) is 0.326. The van der Waals surface area contributed by atoms with Gasteiger partial charge in [0, 0.05) is 5.56 Å². The number of halogens is 3. The molecule has 0 fully saturated rings. The van der Waals surface area contributed by atoms with Crippen LogP contribution in [0.5, 0.6) is 0 Å². The van der Waals surface area contributed by atoms with Gasteiger partial charge in [-0.2, -0.15) is 0 Å². The Kier molecular flexibility index (Phi) is 8.75. The van der Waals surface area contributed by atoms with Crippen molar-refractivity contribution in [1.82, 2.24) is 0 Å². The molecule has 0 aliphatic heterocycles. The predicted octanol–water partition coefficient (Wildman–Crippen LogP) is 7.48. The molecule has 0 aliphatic rings. The summed E-state index contributed by atoms with van der Waals surface area (Å²) in [7, 11) is 0. The molecule has 1 heterocycles. The van der Waals surface area contributed by atoms with E-state index in [4.69, 9.17) is 34.8 Å². The summed E-state index contributed by atoms with van der Waals surface area (Å²) in [6.07, 6.45) is 10.1. The zero-order valence-corrected chi connectivity index (χ0v) is 13.9. The molecular weight excluding hydrogens is 307 g/mol. The lowest BCUT2D eigenvalue weighted by molar-refractivity contribution is 0.572. The maximum absolute atomic E-state index is 6.35. The summed E-state index contributed by atoms with van der Waals surface area (Å²) in [6.45, 7) is 2.24. The van der Waals surface area contributed by atoms with E-state index in [1.54, 1.807) is 0 Å². The third-order valence-electron chi connectivity index (χ3n) is 3.08. The van der Waals surface area contributed by atoms with Crippen molar-refractivity contribution >= 4 is 46.1 Å². The third kappa shape index (κ3) is 6.14. The molecule has 0 nitrogen and oxygen atoms in total. The number of rotatable bonds is 9. The SMILES string of the molecule is CCCCCCCCCC(Cl)c1cc(Cl)sc1Cl. The lowest BCUT2D eigenvalue weighted by Gasteiger charge is -2.08. The molecule has 0 saturated heterocycles. The molecule has 4 heteroatoms. The molecule has 1 atom stereocenters. The van der Waals surface area contributed by atoms with Crippen molar-refractivity contribution in [2.75, 3.05) is 0 Å². The number of hydrogen-bond acceptors (Lipinski definition) is 1. The van der Waals surface area contributed by atoms with Crippen LogP contribution in [-0.2, 0) is 0 Å². The second-order valence-corrected chi connectivity index (χ2v) is 7.47. The van der Waals surface area contributed by atoms with Crippen LogP contribution in [0, 0.1) is 0 Å². The van der Waals surface area contributed by atoms with E-state index >= 15 is 0 Å². The summed E-state index contributed by atoms with van der Waals surface area (Å²) >= 11 is 19.8. The molecule has 0 aliphatic carbocycles. The summed E-state index contributed by atoms with van der Waals surface area (Å²) in [4.78, 5) is 0. The Morgan fingerprint density at radius 3 is 2.22 bits per heavy atom. The zero-order chi connectivity index (χ0) is 13.4. The molecule has 1 rings (SSSR count). The van der Waals surface area contributed by atoms with Gasteiger partial charge in [0.05, 0.1) is 14.0 Å². The Bertz CT molecular complexity index is 336. The fraction of sp³-hybridized carbons (Fsp3) is 0.714. The zero-order valence-electron chi connectivity index (χ0n) is 10.9. The van der Waals surface area contributed by atoms with E-state index in [9.17, 15) is 0 Å². The summed E-state index contributed by atoms with van der Waals surface area (Å²) < 4.78 is 1.46. The average molecular weight is 328 g/mol. The standard InChI is InChI=1S/C14H21Cl3S/c1-2-3-4-5-6-7-8-9-12(15)11-10-13(16)18-14(11)17/h10,12H,2-9H2,1H3. The Morgan fingerprint density at radius 1 is 1.06 bits per heavy atom. The van der Waals surface area contributed by atoms with Crippen molar-refractivity contribution < 1.29 is 0 Å². The largest absolute Gasteiger partial charge is 0.118 e. The molecular formula is C14H21Cl3S. The van der Waals surface area contributed by atoms with Gasteiger partial charge >= 0.3 is 0 Å². The van der Waals surface area contributed by atoms with Crippen molar-refractivity contribution in [3.8, 4) is 0 Å². The van der Waals surface area contributed by atoms with Gasteiger partial charge in [0.2, 0.25) is 0 Å². The van der Waals surface area contributed by atoms with E-state index in [1.807, 2.05) is 6.07 Å². The maximum atomic E-state index is 6.35. The number of alkyl halides is 1. The molecule has 0 N–H and O–H groups in total. The second kappa shape index (κ2) is 9.47. The molecule has 1 unspecified atom stereocenters. The highest BCUT2D eigenvalue weighted by atomic mass is 35.5. The van der Waals surface area contributed by atoms with E-state index in [2.05, 4.69) is 6.92 Å². The molecule has 0 bridgehead atoms. The summed E-state index contributed by atoms with van der Waals surface area (Å²) in [6, 6.07) is 1.90. The molecule has 1 aromatic heterocycles. The molecule has 0 saturated carbocycles. The minimum absolute atomic E-state index is 0.0110. The van der Waals surface area contributed by atoms with Crippen LogP contribution < -0.4 is 0 Å². The highest BCUT2D eigenvalue weighted by Gasteiger charge is 2.14. The van der Waals surface area contributed by atoms with E-state index in [-0.39, 0.29) is 5.38 Å². The van der Waals surface area contributed by atoms with Crippen molar-refractivity contribution in [1.29, 1.82) is 0 Å². The third-order valence-corrected chi connectivity index (χ3v) is 5.05. The minimum atomic E-state index is 0.0110. The topological polar surface area (TPSA) is 0 Å². The summed E-state index contributed by atoms with van der Waals surface area (Å²) in [5, 5.41) is 0.0110. The van der Waals surface area contributed by atoms with E-state index in [0.717, 1.165) is 20.7 Å². The molecule has 1 aromatic rings. The highest BCUT2D eigenvalue weighted by molar-refractivity contribution is 7.20. The van der Waals surface area contributed by atoms with E-state index in [0.29, 0.717) is 0 Å². The molecule has 0 spiro atoms. The van der Waals surface area contributed by atoms with Gasteiger partial charge in [0.1, 0.15) is 0 Å². The minimum Gasteiger partial charge on any atom is -0.118 e. The average Bonchev–Trinajstić information content (AvgIpc) is 2.67. The van der Waals surface area contributed by atoms with Crippen LogP contribution >= 0.6 is 46.1 Å². The first kappa shape index (κ1) is 16.6. The van der Waals surface area contributed by atoms with Crippen LogP contribution in [-0.4, -0.2) is 0 Å². The van der Waals surface area contributed by atoms with Gasteiger partial charge in [-0.3, -0.25) is 0 Å². The summed E-state index contributed by atoms with van der Waals surface area (Å²) in [5.74, 6) is 0. The molecule has 0 aromatic carbocycles. The number of unbranched alkanes of at least 4 members (excludes halogenated alkanes) is 6. The van der Waals surface area contributed by atoms with Gasteiger partial charge in [0.25, 0.3) is 0 Å². The van der Waals surface area contributed by atoms with Crippen molar-refractivity contribution in [3.05, 3.63) is 20.3 Å². The Balaban J connectivity index is 2.14. The lowest BCUT2D eigenvalue weighted by Crippen LogP contribution is -1.89. The Hall–Kier alpha value is 0.570. The first-order chi connectivity index (χ1) is 8.65. The smallest absolute Gasteiger partial charge is 0.0991 e. The second-order valence-electron chi connectivity index (χ2n) is 4.66. The van der Waals surface area contributed by atoms with Gasteiger partial charge in [-0.05, 0) is 12.5 Å². The molecule has 0 amide bonds. The molecule has 18 heavy (non-hydrogen) atoms. The Labute approximate surface area is 130 Å². The maximum Gasteiger partial charge on any atom is 0.0991 e. The normalized spacial score (nSPS) is 12.9. The fourth-order valence-corrected chi connectivity index (χ4v) is 4.03. The van der Waals surface area contributed by atoms with Crippen molar-refractivity contribution in [3.63, 3.8) is 0 Å². The number of hydrogen-bond donors (Lipinski definition) is 0. The van der Waals surface area contributed by atoms with Gasteiger partial charge in [-0.25, -0.2) is 0 Å². The first-order valence-electron chi connectivity index (χ1n) is 6.74. The fourth-order valence-electron chi connectivity index (χ4n) is 2.00. The van der Waals surface area contributed by atoms with Gasteiger partial charge < -0.3 is 0 Å². The van der Waals surface area contributed by atoms with Crippen molar-refractivity contribution in [2.24, 2.45) is 0 Å². The van der Waals surface area contributed by atoms with Crippen molar-refractivity contribution in [2.45, 2.75) is 63.7 Å². The molecule has 0 radical (unpaired) electrons. The van der Waals surface area contributed by atoms with Gasteiger partial charge in [0.15, 0.2) is 0 Å². The molecule has 104 valence electrons. The predicted molar refractivity (Wildman–Crippen MR) is 85.5 cm³/mol. The van der Waals surface area contributed by atoms with Crippen LogP contribution in [0.4, 0.5) is 0 Å². The van der Waals surface area contributed by atoms with Gasteiger partial charge in [-0.1, -0.05) is 75.1 Å². The lowest BCUT2D eigenvalue weighted by atomic mass is 10.1. The summed E-state index contributed by atoms with van der Waals surface area (Å²) in [5.41, 5.74) is 0.999. The highest BCUT2D eigenvalue weighted by Crippen LogP contribution is 2.39. The van der Waals surface area contributed by atoms with Crippen LogP contribution in [0.25, 0.3) is 0 Å². The number of thiophene rings is 1. The van der Waals surface area contributed by atoms with E-state index in [1.165, 1.54) is 56.3 Å². The monoisotopic (exact) mass is 326 g/mol. The van der Waals surface area contributed by atoms with Crippen LogP contribution in [0.15, 0.2) is 6.07 Å².